The Morgan fingerprint density at radius 3 is 3.15 bits per heavy atom. The maximum atomic E-state index is 8.74. The maximum Gasteiger partial charge on any atom is 0.0581 e. The number of hydrogen-bond donors (Lipinski definition) is 1. The summed E-state index contributed by atoms with van der Waals surface area (Å²) < 4.78 is 5.41. The Labute approximate surface area is 81.0 Å². The first-order chi connectivity index (χ1) is 6.42. The van der Waals surface area contributed by atoms with Crippen LogP contribution >= 0.6 is 11.5 Å². The van der Waals surface area contributed by atoms with Crippen LogP contribution in [-0.2, 0) is 6.42 Å². The van der Waals surface area contributed by atoms with Crippen molar-refractivity contribution in [3.05, 3.63) is 30.0 Å². The fraction of sp³-hybridized carbons (Fsp3) is 0.300. The van der Waals surface area contributed by atoms with Gasteiger partial charge in [-0.2, -0.15) is 4.37 Å². The molecule has 1 N–H and O–H groups in total. The highest BCUT2D eigenvalue weighted by Crippen LogP contribution is 2.23. The van der Waals surface area contributed by atoms with Crippen LogP contribution in [0.1, 0.15) is 12.0 Å². The zero-order valence-electron chi connectivity index (χ0n) is 7.23. The lowest BCUT2D eigenvalue weighted by Gasteiger charge is -1.99. The van der Waals surface area contributed by atoms with E-state index in [1.54, 1.807) is 0 Å². The van der Waals surface area contributed by atoms with Crippen LogP contribution in [0.3, 0.4) is 0 Å². The fourth-order valence-corrected chi connectivity index (χ4v) is 2.21. The molecule has 0 amide bonds. The average molecular weight is 193 g/mol. The van der Waals surface area contributed by atoms with Gasteiger partial charge in [0.25, 0.3) is 0 Å². The minimum Gasteiger partial charge on any atom is -0.396 e. The molecule has 0 fully saturated rings. The summed E-state index contributed by atoms with van der Waals surface area (Å²) in [5.41, 5.74) is 1.30. The fourth-order valence-electron chi connectivity index (χ4n) is 1.42. The maximum absolute atomic E-state index is 8.74. The van der Waals surface area contributed by atoms with Crippen molar-refractivity contribution < 1.29 is 5.11 Å². The van der Waals surface area contributed by atoms with Crippen molar-refractivity contribution in [3.8, 4) is 0 Å². The monoisotopic (exact) mass is 193 g/mol. The number of fused-ring (bicyclic) bond motifs is 1. The predicted octanol–water partition coefficient (Wildman–Crippen LogP) is 2.22. The number of aryl methyl sites for hydroxylation is 1. The number of aliphatic hydroxyl groups is 1. The van der Waals surface area contributed by atoms with E-state index in [9.17, 15) is 0 Å². The molecule has 13 heavy (non-hydrogen) atoms. The van der Waals surface area contributed by atoms with Crippen LogP contribution in [0.5, 0.6) is 0 Å². The van der Waals surface area contributed by atoms with E-state index in [1.165, 1.54) is 27.2 Å². The SMILES string of the molecule is OCCCc1cccc2cnsc12. The molecule has 0 spiro atoms. The molecule has 0 radical (unpaired) electrons. The van der Waals surface area contributed by atoms with Crippen LogP contribution < -0.4 is 0 Å². The van der Waals surface area contributed by atoms with E-state index in [2.05, 4.69) is 16.5 Å². The van der Waals surface area contributed by atoms with Gasteiger partial charge in [-0.3, -0.25) is 0 Å². The molecule has 0 saturated carbocycles. The van der Waals surface area contributed by atoms with Gasteiger partial charge in [0.1, 0.15) is 0 Å². The van der Waals surface area contributed by atoms with Crippen molar-refractivity contribution in [2.75, 3.05) is 6.61 Å². The molecule has 2 rings (SSSR count). The summed E-state index contributed by atoms with van der Waals surface area (Å²) in [6.07, 6.45) is 3.66. The Kier molecular flexibility index (Phi) is 2.57. The summed E-state index contributed by atoms with van der Waals surface area (Å²) in [5.74, 6) is 0. The highest BCUT2D eigenvalue weighted by atomic mass is 32.1. The largest absolute Gasteiger partial charge is 0.396 e. The topological polar surface area (TPSA) is 33.1 Å². The van der Waals surface area contributed by atoms with Gasteiger partial charge in [0.2, 0.25) is 0 Å². The molecule has 1 aromatic heterocycles. The molecule has 3 heteroatoms. The summed E-state index contributed by atoms with van der Waals surface area (Å²) in [6.45, 7) is 0.259. The average Bonchev–Trinajstić information content (AvgIpc) is 2.62. The first-order valence-electron chi connectivity index (χ1n) is 4.35. The van der Waals surface area contributed by atoms with Gasteiger partial charge in [-0.15, -0.1) is 0 Å². The van der Waals surface area contributed by atoms with Crippen molar-refractivity contribution in [2.24, 2.45) is 0 Å². The van der Waals surface area contributed by atoms with Crippen molar-refractivity contribution in [3.63, 3.8) is 0 Å². The Morgan fingerprint density at radius 1 is 1.38 bits per heavy atom. The number of aromatic nitrogens is 1. The van der Waals surface area contributed by atoms with Gasteiger partial charge in [0.05, 0.1) is 4.70 Å². The molecule has 68 valence electrons. The van der Waals surface area contributed by atoms with Crippen molar-refractivity contribution >= 4 is 21.6 Å². The first kappa shape index (κ1) is 8.66. The van der Waals surface area contributed by atoms with Gasteiger partial charge in [-0.1, -0.05) is 18.2 Å². The van der Waals surface area contributed by atoms with Gasteiger partial charge >= 0.3 is 0 Å². The van der Waals surface area contributed by atoms with Gasteiger partial charge in [-0.05, 0) is 29.9 Å². The molecule has 2 aromatic rings. The molecule has 0 saturated heterocycles. The highest BCUT2D eigenvalue weighted by molar-refractivity contribution is 7.13. The number of nitrogens with zero attached hydrogens (tertiary/aromatic N) is 1. The molecule has 0 aliphatic rings. The quantitative estimate of drug-likeness (QED) is 0.810. The molecule has 0 atom stereocenters. The molecule has 0 unspecified atom stereocenters. The molecule has 0 bridgehead atoms. The summed E-state index contributed by atoms with van der Waals surface area (Å²) in [7, 11) is 0. The molecule has 1 heterocycles. The third kappa shape index (κ3) is 1.71. The number of benzene rings is 1. The van der Waals surface area contributed by atoms with Gasteiger partial charge in [0.15, 0.2) is 0 Å². The van der Waals surface area contributed by atoms with Crippen LogP contribution in [0.15, 0.2) is 24.4 Å². The molecule has 1 aromatic carbocycles. The minimum absolute atomic E-state index is 0.259. The summed E-state index contributed by atoms with van der Waals surface area (Å²) in [4.78, 5) is 0. The van der Waals surface area contributed by atoms with Crippen molar-refractivity contribution in [1.29, 1.82) is 0 Å². The van der Waals surface area contributed by atoms with E-state index >= 15 is 0 Å². The molecule has 0 aliphatic carbocycles. The number of rotatable bonds is 3. The van der Waals surface area contributed by atoms with Crippen molar-refractivity contribution in [2.45, 2.75) is 12.8 Å². The van der Waals surface area contributed by atoms with E-state index in [-0.39, 0.29) is 6.61 Å². The van der Waals surface area contributed by atoms with Gasteiger partial charge in [0, 0.05) is 18.2 Å². The smallest absolute Gasteiger partial charge is 0.0581 e. The van der Waals surface area contributed by atoms with Crippen LogP contribution in [0.25, 0.3) is 10.1 Å². The van der Waals surface area contributed by atoms with E-state index in [0.717, 1.165) is 12.8 Å². The van der Waals surface area contributed by atoms with E-state index < -0.39 is 0 Å². The normalized spacial score (nSPS) is 10.8. The van der Waals surface area contributed by atoms with Crippen molar-refractivity contribution in [1.82, 2.24) is 4.37 Å². The Hall–Kier alpha value is -0.930. The molecule has 2 nitrogen and oxygen atoms in total. The van der Waals surface area contributed by atoms with Gasteiger partial charge in [-0.25, -0.2) is 0 Å². The minimum atomic E-state index is 0.259. The number of hydrogen-bond acceptors (Lipinski definition) is 3. The van der Waals surface area contributed by atoms with Crippen LogP contribution in [0, 0.1) is 0 Å². The third-order valence-corrected chi connectivity index (χ3v) is 2.96. The van der Waals surface area contributed by atoms with E-state index in [1.807, 2.05) is 12.3 Å². The predicted molar refractivity (Wildman–Crippen MR) is 55.0 cm³/mol. The zero-order valence-corrected chi connectivity index (χ0v) is 8.05. The third-order valence-electron chi connectivity index (χ3n) is 2.07. The van der Waals surface area contributed by atoms with E-state index in [4.69, 9.17) is 5.11 Å². The summed E-state index contributed by atoms with van der Waals surface area (Å²) in [5, 5.41) is 9.95. The second-order valence-electron chi connectivity index (χ2n) is 2.99. The summed E-state index contributed by atoms with van der Waals surface area (Å²) in [6, 6.07) is 6.22. The van der Waals surface area contributed by atoms with Crippen LogP contribution in [-0.4, -0.2) is 16.1 Å². The number of aliphatic hydroxyl groups excluding tert-OH is 1. The second kappa shape index (κ2) is 3.85. The lowest BCUT2D eigenvalue weighted by molar-refractivity contribution is 0.289. The molecular formula is C10H11NOS. The Bertz CT molecular complexity index is 396. The lowest BCUT2D eigenvalue weighted by Crippen LogP contribution is -1.88. The first-order valence-corrected chi connectivity index (χ1v) is 5.12. The lowest BCUT2D eigenvalue weighted by atomic mass is 10.1. The zero-order chi connectivity index (χ0) is 9.10. The molecule has 0 aliphatic heterocycles. The van der Waals surface area contributed by atoms with Crippen LogP contribution in [0.4, 0.5) is 0 Å². The van der Waals surface area contributed by atoms with E-state index in [0.29, 0.717) is 0 Å². The Balaban J connectivity index is 2.37. The standard InChI is InChI=1S/C10H11NOS/c12-6-2-5-8-3-1-4-9-7-11-13-10(8)9/h1,3-4,7,12H,2,5-6H2. The highest BCUT2D eigenvalue weighted by Gasteiger charge is 2.01. The summed E-state index contributed by atoms with van der Waals surface area (Å²) >= 11 is 1.53. The van der Waals surface area contributed by atoms with Crippen LogP contribution in [0.2, 0.25) is 0 Å². The Morgan fingerprint density at radius 2 is 2.31 bits per heavy atom. The van der Waals surface area contributed by atoms with Gasteiger partial charge < -0.3 is 5.11 Å². The second-order valence-corrected chi connectivity index (χ2v) is 3.79. The molecular weight excluding hydrogens is 182 g/mol.